The van der Waals surface area contributed by atoms with Crippen molar-refractivity contribution in [3.63, 3.8) is 0 Å². The van der Waals surface area contributed by atoms with E-state index in [0.29, 0.717) is 12.8 Å². The highest BCUT2D eigenvalue weighted by molar-refractivity contribution is 5.70. The highest BCUT2D eigenvalue weighted by Gasteiger charge is 2.16. The van der Waals surface area contributed by atoms with Crippen molar-refractivity contribution in [2.24, 2.45) is 0 Å². The van der Waals surface area contributed by atoms with E-state index in [9.17, 15) is 14.7 Å². The molecule has 0 radical (unpaired) electrons. The summed E-state index contributed by atoms with van der Waals surface area (Å²) >= 11 is 0. The van der Waals surface area contributed by atoms with Crippen LogP contribution in [0.4, 0.5) is 0 Å². The quantitative estimate of drug-likeness (QED) is 0.0374. The normalized spacial score (nSPS) is 13.0. The summed E-state index contributed by atoms with van der Waals surface area (Å²) in [4.78, 5) is 24.4. The molecular formula is C59H100O5. The van der Waals surface area contributed by atoms with E-state index in [2.05, 4.69) is 111 Å². The number of esters is 2. The fraction of sp³-hybridized carbons (Fsp3) is 0.695. The first-order chi connectivity index (χ1) is 31.6. The van der Waals surface area contributed by atoms with Gasteiger partial charge in [0.05, 0.1) is 6.61 Å². The summed E-state index contributed by atoms with van der Waals surface area (Å²) in [7, 11) is 0. The van der Waals surface area contributed by atoms with E-state index in [1.165, 1.54) is 116 Å². The SMILES string of the molecule is CC/C=C\C/C=C\C/C=C\C/C=C\CCCCCCCCCCCCCCCCCCCCCCC(=O)OC(CO)COC(=O)CCCCCC/C=C\C/C=C\C/C=C\C/C=C\CC. The second-order valence-corrected chi connectivity index (χ2v) is 17.5. The zero-order valence-corrected chi connectivity index (χ0v) is 41.8. The van der Waals surface area contributed by atoms with E-state index in [1.807, 2.05) is 0 Å². The van der Waals surface area contributed by atoms with Gasteiger partial charge in [0.1, 0.15) is 6.61 Å². The molecular weight excluding hydrogens is 789 g/mol. The monoisotopic (exact) mass is 889 g/mol. The van der Waals surface area contributed by atoms with Crippen molar-refractivity contribution in [2.45, 2.75) is 251 Å². The Hall–Kier alpha value is -3.18. The van der Waals surface area contributed by atoms with Gasteiger partial charge in [0, 0.05) is 12.8 Å². The molecule has 1 N–H and O–H groups in total. The first-order valence-corrected chi connectivity index (χ1v) is 26.8. The Labute approximate surface area is 396 Å². The Kier molecular flexibility index (Phi) is 51.5. The van der Waals surface area contributed by atoms with Gasteiger partial charge in [0.2, 0.25) is 0 Å². The fourth-order valence-corrected chi connectivity index (χ4v) is 7.42. The summed E-state index contributed by atoms with van der Waals surface area (Å²) in [6, 6.07) is 0. The average molecular weight is 889 g/mol. The second kappa shape index (κ2) is 54.2. The van der Waals surface area contributed by atoms with E-state index in [-0.39, 0.29) is 25.2 Å². The average Bonchev–Trinajstić information content (AvgIpc) is 3.30. The van der Waals surface area contributed by atoms with Crippen molar-refractivity contribution < 1.29 is 24.2 Å². The van der Waals surface area contributed by atoms with Gasteiger partial charge in [-0.25, -0.2) is 0 Å². The van der Waals surface area contributed by atoms with Crippen LogP contribution >= 0.6 is 0 Å². The minimum Gasteiger partial charge on any atom is -0.462 e. The van der Waals surface area contributed by atoms with E-state index in [1.54, 1.807) is 0 Å². The zero-order chi connectivity index (χ0) is 46.3. The zero-order valence-electron chi connectivity index (χ0n) is 41.8. The number of ether oxygens (including phenoxy) is 2. The van der Waals surface area contributed by atoms with Crippen LogP contribution in [0.25, 0.3) is 0 Å². The predicted molar refractivity (Wildman–Crippen MR) is 279 cm³/mol. The van der Waals surface area contributed by atoms with Crippen LogP contribution in [-0.2, 0) is 19.1 Å². The molecule has 0 heterocycles. The van der Waals surface area contributed by atoms with Crippen LogP contribution in [0.3, 0.4) is 0 Å². The lowest BCUT2D eigenvalue weighted by Crippen LogP contribution is -2.28. The molecule has 1 unspecified atom stereocenters. The third-order valence-corrected chi connectivity index (χ3v) is 11.4. The molecule has 0 amide bonds. The van der Waals surface area contributed by atoms with Crippen molar-refractivity contribution in [3.8, 4) is 0 Å². The van der Waals surface area contributed by atoms with Gasteiger partial charge in [-0.15, -0.1) is 0 Å². The van der Waals surface area contributed by atoms with Gasteiger partial charge < -0.3 is 14.6 Å². The van der Waals surface area contributed by atoms with Gasteiger partial charge in [0.25, 0.3) is 0 Å². The molecule has 0 saturated carbocycles. The largest absolute Gasteiger partial charge is 0.462 e. The van der Waals surface area contributed by atoms with Crippen LogP contribution in [0.1, 0.15) is 245 Å². The van der Waals surface area contributed by atoms with Crippen LogP contribution in [0.15, 0.2) is 97.2 Å². The Balaban J connectivity index is 3.48. The molecule has 0 aliphatic rings. The lowest BCUT2D eigenvalue weighted by Gasteiger charge is -2.15. The van der Waals surface area contributed by atoms with Gasteiger partial charge in [-0.3, -0.25) is 9.59 Å². The van der Waals surface area contributed by atoms with Crippen molar-refractivity contribution in [1.82, 2.24) is 0 Å². The van der Waals surface area contributed by atoms with Crippen LogP contribution in [0.5, 0.6) is 0 Å². The number of carbonyl (C=O) groups excluding carboxylic acids is 2. The van der Waals surface area contributed by atoms with Crippen LogP contribution in [0.2, 0.25) is 0 Å². The molecule has 0 fully saturated rings. The Bertz CT molecular complexity index is 1230. The summed E-state index contributed by atoms with van der Waals surface area (Å²) in [5.41, 5.74) is 0. The molecule has 64 heavy (non-hydrogen) atoms. The second-order valence-electron chi connectivity index (χ2n) is 17.5. The molecule has 0 spiro atoms. The molecule has 5 heteroatoms. The van der Waals surface area contributed by atoms with Crippen molar-refractivity contribution in [1.29, 1.82) is 0 Å². The summed E-state index contributed by atoms with van der Waals surface area (Å²) in [5, 5.41) is 9.63. The molecule has 0 aliphatic heterocycles. The lowest BCUT2D eigenvalue weighted by molar-refractivity contribution is -0.161. The Morgan fingerprint density at radius 3 is 0.938 bits per heavy atom. The van der Waals surface area contributed by atoms with Crippen molar-refractivity contribution in [2.75, 3.05) is 13.2 Å². The van der Waals surface area contributed by atoms with E-state index in [0.717, 1.165) is 103 Å². The summed E-state index contributed by atoms with van der Waals surface area (Å²) in [5.74, 6) is -0.616. The van der Waals surface area contributed by atoms with Crippen molar-refractivity contribution in [3.05, 3.63) is 97.2 Å². The summed E-state index contributed by atoms with van der Waals surface area (Å²) in [6.45, 7) is 3.90. The number of unbranched alkanes of at least 4 members (excludes halogenated alkanes) is 24. The molecule has 0 saturated heterocycles. The topological polar surface area (TPSA) is 72.8 Å². The van der Waals surface area contributed by atoms with Gasteiger partial charge in [-0.05, 0) is 89.9 Å². The number of carbonyl (C=O) groups is 2. The first-order valence-electron chi connectivity index (χ1n) is 26.8. The third-order valence-electron chi connectivity index (χ3n) is 11.4. The number of allylic oxidation sites excluding steroid dienone is 16. The van der Waals surface area contributed by atoms with Gasteiger partial charge in [-0.1, -0.05) is 239 Å². The van der Waals surface area contributed by atoms with Crippen molar-refractivity contribution >= 4 is 11.9 Å². The molecule has 0 aromatic heterocycles. The maximum Gasteiger partial charge on any atom is 0.306 e. The maximum atomic E-state index is 12.3. The smallest absolute Gasteiger partial charge is 0.306 e. The molecule has 0 aliphatic carbocycles. The lowest BCUT2D eigenvalue weighted by atomic mass is 10.0. The number of rotatable bonds is 48. The molecule has 1 atom stereocenters. The summed E-state index contributed by atoms with van der Waals surface area (Å²) in [6.07, 6.45) is 76.6. The minimum absolute atomic E-state index is 0.0809. The number of aliphatic hydroxyl groups is 1. The van der Waals surface area contributed by atoms with Gasteiger partial charge in [0.15, 0.2) is 6.10 Å². The van der Waals surface area contributed by atoms with Crippen LogP contribution in [0, 0.1) is 0 Å². The van der Waals surface area contributed by atoms with Crippen LogP contribution < -0.4 is 0 Å². The number of aliphatic hydroxyl groups excluding tert-OH is 1. The number of hydrogen-bond acceptors (Lipinski definition) is 5. The van der Waals surface area contributed by atoms with Gasteiger partial charge in [-0.2, -0.15) is 0 Å². The van der Waals surface area contributed by atoms with E-state index in [4.69, 9.17) is 9.47 Å². The predicted octanol–water partition coefficient (Wildman–Crippen LogP) is 18.0. The van der Waals surface area contributed by atoms with E-state index >= 15 is 0 Å². The van der Waals surface area contributed by atoms with Gasteiger partial charge >= 0.3 is 11.9 Å². The highest BCUT2D eigenvalue weighted by atomic mass is 16.6. The Morgan fingerprint density at radius 2 is 0.625 bits per heavy atom. The molecule has 0 aromatic rings. The summed E-state index contributed by atoms with van der Waals surface area (Å²) < 4.78 is 10.7. The van der Waals surface area contributed by atoms with E-state index < -0.39 is 6.10 Å². The maximum absolute atomic E-state index is 12.3. The van der Waals surface area contributed by atoms with Crippen LogP contribution in [-0.4, -0.2) is 36.4 Å². The molecule has 366 valence electrons. The molecule has 0 bridgehead atoms. The molecule has 0 aromatic carbocycles. The first kappa shape index (κ1) is 60.8. The highest BCUT2D eigenvalue weighted by Crippen LogP contribution is 2.16. The molecule has 0 rings (SSSR count). The standard InChI is InChI=1S/C59H100O5/c1-3-5-7-9-11-13-15-17-19-21-22-23-24-25-26-27-28-29-30-31-32-33-34-35-36-38-40-42-44-46-48-50-52-54-59(62)64-57(55-60)56-63-58(61)53-51-49-47-45-43-41-39-37-20-18-16-14-12-10-8-6-4-2/h5-8,11-14,17-20,22-23,39,41,57,60H,3-4,9-10,15-16,21,24-38,40,42-56H2,1-2H3/b7-5-,8-6-,13-11-,14-12-,19-17-,20-18-,23-22-,41-39-. The Morgan fingerprint density at radius 1 is 0.359 bits per heavy atom. The minimum atomic E-state index is -0.786. The molecule has 5 nitrogen and oxygen atoms in total. The fourth-order valence-electron chi connectivity index (χ4n) is 7.42. The number of hydrogen-bond donors (Lipinski definition) is 1. The third kappa shape index (κ3) is 51.5.